The third kappa shape index (κ3) is 2.47. The van der Waals surface area contributed by atoms with E-state index in [1.165, 1.54) is 5.57 Å². The number of rotatable bonds is 3. The Hall–Kier alpha value is -0.495. The highest BCUT2D eigenvalue weighted by atomic mass is 79.9. The van der Waals surface area contributed by atoms with E-state index in [4.69, 9.17) is 7.85 Å². The minimum atomic E-state index is 0.848. The molecule has 0 amide bonds. The molecule has 2 heteroatoms. The summed E-state index contributed by atoms with van der Waals surface area (Å²) < 4.78 is 1.01. The Bertz CT molecular complexity index is 308. The maximum Gasteiger partial charge on any atom is 0.114 e. The molecule has 0 nitrogen and oxygen atoms in total. The van der Waals surface area contributed by atoms with Crippen LogP contribution in [0.15, 0.2) is 45.9 Å². The van der Waals surface area contributed by atoms with Gasteiger partial charge in [0, 0.05) is 4.48 Å². The highest BCUT2D eigenvalue weighted by Crippen LogP contribution is 2.34. The van der Waals surface area contributed by atoms with Crippen LogP contribution in [-0.4, -0.2) is 7.85 Å². The summed E-state index contributed by atoms with van der Waals surface area (Å²) >= 11 is 3.42. The highest BCUT2D eigenvalue weighted by Gasteiger charge is 2.13. The van der Waals surface area contributed by atoms with Crippen LogP contribution in [0, 0.1) is 0 Å². The van der Waals surface area contributed by atoms with E-state index in [-0.39, 0.29) is 0 Å². The smallest absolute Gasteiger partial charge is 0.0918 e. The van der Waals surface area contributed by atoms with Crippen molar-refractivity contribution in [3.63, 3.8) is 0 Å². The van der Waals surface area contributed by atoms with E-state index in [9.17, 15) is 0 Å². The van der Waals surface area contributed by atoms with Gasteiger partial charge in [-0.1, -0.05) is 46.2 Å². The third-order valence-corrected chi connectivity index (χ3v) is 2.79. The van der Waals surface area contributed by atoms with Crippen molar-refractivity contribution in [1.29, 1.82) is 0 Å². The van der Waals surface area contributed by atoms with Gasteiger partial charge in [-0.3, -0.25) is 0 Å². The van der Waals surface area contributed by atoms with Crippen LogP contribution in [0.5, 0.6) is 0 Å². The molecule has 0 aromatic heterocycles. The standard InChI is InChI=1S/C11H12BBr/c1-3-4-5-6-9-8(2)11(13)7-10(9)12/h3-4,7H,2,5-6H2,1H3/b4-3-. The fourth-order valence-corrected chi connectivity index (χ4v) is 1.80. The Morgan fingerprint density at radius 3 is 2.77 bits per heavy atom. The summed E-state index contributed by atoms with van der Waals surface area (Å²) in [6, 6.07) is 0. The Morgan fingerprint density at radius 1 is 1.62 bits per heavy atom. The zero-order valence-corrected chi connectivity index (χ0v) is 9.39. The predicted octanol–water partition coefficient (Wildman–Crippen LogP) is 3.61. The zero-order valence-electron chi connectivity index (χ0n) is 7.81. The first-order valence-corrected chi connectivity index (χ1v) is 5.12. The molecule has 0 aliphatic heterocycles. The SMILES string of the molecule is [B]C1=C(CC/C=C\C)C(=C)C(Br)=C1. The summed E-state index contributed by atoms with van der Waals surface area (Å²) in [6.45, 7) is 5.99. The number of hydrogen-bond donors (Lipinski definition) is 0. The zero-order chi connectivity index (χ0) is 9.84. The molecule has 0 saturated carbocycles. The summed E-state index contributed by atoms with van der Waals surface area (Å²) in [5.41, 5.74) is 3.05. The Kier molecular flexibility index (Phi) is 3.79. The first-order chi connectivity index (χ1) is 6.16. The van der Waals surface area contributed by atoms with Crippen LogP contribution >= 0.6 is 15.9 Å². The molecule has 0 unspecified atom stereocenters. The lowest BCUT2D eigenvalue weighted by atomic mass is 9.89. The maximum atomic E-state index is 5.83. The molecule has 0 aromatic rings. The minimum Gasteiger partial charge on any atom is -0.0918 e. The average Bonchev–Trinajstić information content (AvgIpc) is 2.32. The van der Waals surface area contributed by atoms with Gasteiger partial charge in [0.15, 0.2) is 0 Å². The van der Waals surface area contributed by atoms with Crippen LogP contribution < -0.4 is 0 Å². The van der Waals surface area contributed by atoms with Crippen molar-refractivity contribution in [3.05, 3.63) is 45.9 Å². The molecular weight excluding hydrogens is 223 g/mol. The van der Waals surface area contributed by atoms with E-state index in [0.29, 0.717) is 0 Å². The lowest BCUT2D eigenvalue weighted by Gasteiger charge is -2.04. The molecule has 13 heavy (non-hydrogen) atoms. The van der Waals surface area contributed by atoms with Gasteiger partial charge < -0.3 is 0 Å². The van der Waals surface area contributed by atoms with Crippen LogP contribution in [0.25, 0.3) is 0 Å². The van der Waals surface area contributed by atoms with E-state index in [0.717, 1.165) is 28.4 Å². The molecule has 0 spiro atoms. The largest absolute Gasteiger partial charge is 0.114 e. The molecular formula is C11H12BBr. The summed E-state index contributed by atoms with van der Waals surface area (Å²) in [6.07, 6.45) is 8.12. The van der Waals surface area contributed by atoms with Crippen molar-refractivity contribution in [2.24, 2.45) is 0 Å². The van der Waals surface area contributed by atoms with Crippen LogP contribution in [-0.2, 0) is 0 Å². The van der Waals surface area contributed by atoms with Gasteiger partial charge in [0.25, 0.3) is 0 Å². The Morgan fingerprint density at radius 2 is 2.31 bits per heavy atom. The van der Waals surface area contributed by atoms with Gasteiger partial charge in [0.05, 0.1) is 0 Å². The summed E-state index contributed by atoms with van der Waals surface area (Å²) in [4.78, 5) is 0. The van der Waals surface area contributed by atoms with Crippen molar-refractivity contribution >= 4 is 23.8 Å². The quantitative estimate of drug-likeness (QED) is 0.517. The van der Waals surface area contributed by atoms with Gasteiger partial charge >= 0.3 is 0 Å². The van der Waals surface area contributed by atoms with Crippen molar-refractivity contribution in [2.45, 2.75) is 19.8 Å². The summed E-state index contributed by atoms with van der Waals surface area (Å²) in [5.74, 6) is 0. The van der Waals surface area contributed by atoms with E-state index >= 15 is 0 Å². The van der Waals surface area contributed by atoms with Gasteiger partial charge in [-0.25, -0.2) is 0 Å². The van der Waals surface area contributed by atoms with Crippen LogP contribution in [0.3, 0.4) is 0 Å². The molecule has 1 aliphatic carbocycles. The molecule has 0 atom stereocenters. The van der Waals surface area contributed by atoms with Crippen molar-refractivity contribution in [3.8, 4) is 0 Å². The van der Waals surface area contributed by atoms with Crippen LogP contribution in [0.2, 0.25) is 0 Å². The van der Waals surface area contributed by atoms with Gasteiger partial charge in [0.2, 0.25) is 0 Å². The van der Waals surface area contributed by atoms with E-state index in [1.54, 1.807) is 0 Å². The topological polar surface area (TPSA) is 0 Å². The Balaban J connectivity index is 2.63. The van der Waals surface area contributed by atoms with Crippen molar-refractivity contribution < 1.29 is 0 Å². The van der Waals surface area contributed by atoms with E-state index in [2.05, 4.69) is 34.7 Å². The lowest BCUT2D eigenvalue weighted by molar-refractivity contribution is 0.996. The van der Waals surface area contributed by atoms with Crippen LogP contribution in [0.1, 0.15) is 19.8 Å². The minimum absolute atomic E-state index is 0.848. The second kappa shape index (κ2) is 4.66. The number of halogens is 1. The monoisotopic (exact) mass is 234 g/mol. The van der Waals surface area contributed by atoms with Gasteiger partial charge in [0.1, 0.15) is 7.85 Å². The van der Waals surface area contributed by atoms with Gasteiger partial charge in [-0.2, -0.15) is 0 Å². The maximum absolute atomic E-state index is 5.83. The van der Waals surface area contributed by atoms with Crippen molar-refractivity contribution in [2.75, 3.05) is 0 Å². The molecule has 0 heterocycles. The Labute approximate surface area is 89.6 Å². The predicted molar refractivity (Wildman–Crippen MR) is 63.0 cm³/mol. The fraction of sp³-hybridized carbons (Fsp3) is 0.273. The molecule has 66 valence electrons. The van der Waals surface area contributed by atoms with E-state index in [1.807, 2.05) is 13.0 Å². The normalized spacial score (nSPS) is 17.4. The fourth-order valence-electron chi connectivity index (χ4n) is 1.32. The molecule has 0 aromatic carbocycles. The first kappa shape index (κ1) is 10.6. The highest BCUT2D eigenvalue weighted by molar-refractivity contribution is 9.12. The van der Waals surface area contributed by atoms with E-state index < -0.39 is 0 Å². The molecule has 1 aliphatic rings. The van der Waals surface area contributed by atoms with Crippen molar-refractivity contribution in [1.82, 2.24) is 0 Å². The number of hydrogen-bond acceptors (Lipinski definition) is 0. The lowest BCUT2D eigenvalue weighted by Crippen LogP contribution is -1.87. The second-order valence-corrected chi connectivity index (χ2v) is 3.87. The molecule has 2 radical (unpaired) electrons. The molecule has 0 fully saturated rings. The summed E-state index contributed by atoms with van der Waals surface area (Å²) in [5, 5.41) is 0. The van der Waals surface area contributed by atoms with Gasteiger partial charge in [-0.15, -0.1) is 0 Å². The number of allylic oxidation sites excluding steroid dienone is 7. The summed E-state index contributed by atoms with van der Waals surface area (Å²) in [7, 11) is 5.83. The second-order valence-electron chi connectivity index (χ2n) is 3.01. The molecule has 1 rings (SSSR count). The molecule has 0 bridgehead atoms. The average molecular weight is 235 g/mol. The van der Waals surface area contributed by atoms with Gasteiger partial charge in [-0.05, 0) is 30.9 Å². The first-order valence-electron chi connectivity index (χ1n) is 4.33. The molecule has 0 N–H and O–H groups in total. The van der Waals surface area contributed by atoms with Crippen LogP contribution in [0.4, 0.5) is 0 Å². The molecule has 0 saturated heterocycles. The third-order valence-electron chi connectivity index (χ3n) is 2.08.